The molecule has 18 heavy (non-hydrogen) atoms. The molecule has 0 saturated carbocycles. The third kappa shape index (κ3) is 6.77. The summed E-state index contributed by atoms with van der Waals surface area (Å²) in [5.41, 5.74) is 2.78. The van der Waals surface area contributed by atoms with Gasteiger partial charge in [-0.2, -0.15) is 0 Å². The van der Waals surface area contributed by atoms with Gasteiger partial charge in [-0.1, -0.05) is 52.0 Å². The van der Waals surface area contributed by atoms with Crippen molar-refractivity contribution < 1.29 is 0 Å². The number of benzene rings is 1. The van der Waals surface area contributed by atoms with Crippen molar-refractivity contribution in [3.05, 3.63) is 35.4 Å². The summed E-state index contributed by atoms with van der Waals surface area (Å²) < 4.78 is 0. The van der Waals surface area contributed by atoms with E-state index in [1.807, 2.05) is 0 Å². The second-order valence-electron chi connectivity index (χ2n) is 5.70. The van der Waals surface area contributed by atoms with E-state index in [1.54, 1.807) is 0 Å². The summed E-state index contributed by atoms with van der Waals surface area (Å²) in [5.74, 6) is 0.731. The topological polar surface area (TPSA) is 24.1 Å². The molecule has 0 atom stereocenters. The average molecular weight is 248 g/mol. The first-order valence-electron chi connectivity index (χ1n) is 7.10. The van der Waals surface area contributed by atoms with Crippen molar-refractivity contribution >= 4 is 0 Å². The predicted octanol–water partition coefficient (Wildman–Crippen LogP) is 2.97. The molecule has 102 valence electrons. The van der Waals surface area contributed by atoms with Gasteiger partial charge in [0.25, 0.3) is 0 Å². The third-order valence-electron chi connectivity index (χ3n) is 2.88. The predicted molar refractivity (Wildman–Crippen MR) is 79.8 cm³/mol. The highest BCUT2D eigenvalue weighted by Gasteiger charge is 1.97. The molecule has 0 aliphatic heterocycles. The highest BCUT2D eigenvalue weighted by atomic mass is 14.9. The van der Waals surface area contributed by atoms with Gasteiger partial charge in [0.05, 0.1) is 0 Å². The van der Waals surface area contributed by atoms with E-state index in [4.69, 9.17) is 0 Å². The van der Waals surface area contributed by atoms with Crippen LogP contribution in [0.5, 0.6) is 0 Å². The number of rotatable bonds is 8. The smallest absolute Gasteiger partial charge is 0.0207 e. The molecule has 0 aliphatic rings. The summed E-state index contributed by atoms with van der Waals surface area (Å²) in [5, 5.41) is 6.91. The molecule has 0 fully saturated rings. The van der Waals surface area contributed by atoms with Crippen LogP contribution in [0.4, 0.5) is 0 Å². The normalized spacial score (nSPS) is 11.4. The lowest BCUT2D eigenvalue weighted by Gasteiger charge is -2.09. The molecule has 0 radical (unpaired) electrons. The van der Waals surface area contributed by atoms with Gasteiger partial charge in [0.15, 0.2) is 0 Å². The molecule has 0 bridgehead atoms. The molecule has 0 unspecified atom stereocenters. The minimum Gasteiger partial charge on any atom is -0.316 e. The molecule has 1 aromatic carbocycles. The Bertz CT molecular complexity index is 314. The van der Waals surface area contributed by atoms with Gasteiger partial charge in [0.1, 0.15) is 0 Å². The van der Waals surface area contributed by atoms with Gasteiger partial charge >= 0.3 is 0 Å². The van der Waals surface area contributed by atoms with Gasteiger partial charge < -0.3 is 10.6 Å². The first kappa shape index (κ1) is 15.2. The summed E-state index contributed by atoms with van der Waals surface area (Å²) in [6.07, 6.45) is 1.12. The lowest BCUT2D eigenvalue weighted by Crippen LogP contribution is -2.22. The molecule has 2 heteroatoms. The van der Waals surface area contributed by atoms with Crippen LogP contribution in [0.3, 0.4) is 0 Å². The van der Waals surface area contributed by atoms with Crippen LogP contribution < -0.4 is 10.6 Å². The van der Waals surface area contributed by atoms with E-state index in [2.05, 4.69) is 62.6 Å². The van der Waals surface area contributed by atoms with Crippen molar-refractivity contribution in [2.24, 2.45) is 5.92 Å². The molecule has 0 amide bonds. The molecule has 1 rings (SSSR count). The largest absolute Gasteiger partial charge is 0.316 e. The van der Waals surface area contributed by atoms with Crippen molar-refractivity contribution in [1.29, 1.82) is 0 Å². The molecule has 0 saturated heterocycles. The van der Waals surface area contributed by atoms with E-state index in [-0.39, 0.29) is 0 Å². The van der Waals surface area contributed by atoms with Crippen molar-refractivity contribution in [3.8, 4) is 0 Å². The molecule has 0 aromatic heterocycles. The molecular weight excluding hydrogens is 220 g/mol. The second kappa shape index (κ2) is 8.28. The van der Waals surface area contributed by atoms with Crippen LogP contribution in [-0.4, -0.2) is 19.1 Å². The summed E-state index contributed by atoms with van der Waals surface area (Å²) in [4.78, 5) is 0. The zero-order valence-corrected chi connectivity index (χ0v) is 12.3. The van der Waals surface area contributed by atoms with Crippen LogP contribution in [0, 0.1) is 5.92 Å². The molecule has 2 N–H and O–H groups in total. The lowest BCUT2D eigenvalue weighted by atomic mass is 10.1. The number of hydrogen-bond acceptors (Lipinski definition) is 2. The fourth-order valence-corrected chi connectivity index (χ4v) is 1.77. The quantitative estimate of drug-likeness (QED) is 0.691. The van der Waals surface area contributed by atoms with E-state index >= 15 is 0 Å². The number of nitrogens with one attached hydrogen (secondary N) is 2. The lowest BCUT2D eigenvalue weighted by molar-refractivity contribution is 0.554. The first-order chi connectivity index (χ1) is 8.58. The highest BCUT2D eigenvalue weighted by molar-refractivity contribution is 5.22. The van der Waals surface area contributed by atoms with Crippen LogP contribution in [0.1, 0.15) is 38.8 Å². The Morgan fingerprint density at radius 3 is 2.11 bits per heavy atom. The van der Waals surface area contributed by atoms with Gasteiger partial charge in [-0.3, -0.25) is 0 Å². The van der Waals surface area contributed by atoms with Crippen LogP contribution in [0.25, 0.3) is 0 Å². The maximum atomic E-state index is 3.48. The van der Waals surface area contributed by atoms with Crippen molar-refractivity contribution in [1.82, 2.24) is 10.6 Å². The molecule has 2 nitrogen and oxygen atoms in total. The molecule has 1 aromatic rings. The van der Waals surface area contributed by atoms with E-state index in [0.29, 0.717) is 6.04 Å². The Hall–Kier alpha value is -0.860. The maximum absolute atomic E-state index is 3.48. The van der Waals surface area contributed by atoms with Crippen LogP contribution in [-0.2, 0) is 13.0 Å². The van der Waals surface area contributed by atoms with Gasteiger partial charge in [0.2, 0.25) is 0 Å². The van der Waals surface area contributed by atoms with E-state index in [1.165, 1.54) is 11.1 Å². The van der Waals surface area contributed by atoms with Crippen molar-refractivity contribution in [2.45, 2.75) is 46.7 Å². The van der Waals surface area contributed by atoms with E-state index in [0.717, 1.165) is 32.0 Å². The first-order valence-corrected chi connectivity index (χ1v) is 7.10. The Morgan fingerprint density at radius 2 is 1.56 bits per heavy atom. The summed E-state index contributed by atoms with van der Waals surface area (Å²) in [6, 6.07) is 9.49. The third-order valence-corrected chi connectivity index (χ3v) is 2.88. The van der Waals surface area contributed by atoms with Crippen molar-refractivity contribution in [2.75, 3.05) is 13.1 Å². The van der Waals surface area contributed by atoms with Gasteiger partial charge in [-0.15, -0.1) is 0 Å². The van der Waals surface area contributed by atoms with E-state index < -0.39 is 0 Å². The van der Waals surface area contributed by atoms with Gasteiger partial charge in [0, 0.05) is 12.6 Å². The summed E-state index contributed by atoms with van der Waals surface area (Å²) in [6.45, 7) is 12.0. The molecule has 0 spiro atoms. The monoisotopic (exact) mass is 248 g/mol. The van der Waals surface area contributed by atoms with Crippen LogP contribution in [0.15, 0.2) is 24.3 Å². The van der Waals surface area contributed by atoms with E-state index in [9.17, 15) is 0 Å². The summed E-state index contributed by atoms with van der Waals surface area (Å²) in [7, 11) is 0. The fourth-order valence-electron chi connectivity index (χ4n) is 1.77. The van der Waals surface area contributed by atoms with Crippen LogP contribution >= 0.6 is 0 Å². The summed E-state index contributed by atoms with van der Waals surface area (Å²) >= 11 is 0. The highest BCUT2D eigenvalue weighted by Crippen LogP contribution is 2.05. The number of hydrogen-bond donors (Lipinski definition) is 2. The maximum Gasteiger partial charge on any atom is 0.0207 e. The molecule has 0 aliphatic carbocycles. The Morgan fingerprint density at radius 1 is 0.944 bits per heavy atom. The SMILES string of the molecule is CC(C)CNCCc1ccc(CNC(C)C)cc1. The fraction of sp³-hybridized carbons (Fsp3) is 0.625. The Kier molecular flexibility index (Phi) is 6.99. The average Bonchev–Trinajstić information content (AvgIpc) is 2.33. The van der Waals surface area contributed by atoms with Crippen LogP contribution in [0.2, 0.25) is 0 Å². The minimum absolute atomic E-state index is 0.546. The Labute approximate surface area is 112 Å². The standard InChI is InChI=1S/C16H28N2/c1-13(2)11-17-10-9-15-5-7-16(8-6-15)12-18-14(3)4/h5-8,13-14,17-18H,9-12H2,1-4H3. The molecule has 0 heterocycles. The minimum atomic E-state index is 0.546. The van der Waals surface area contributed by atoms with Gasteiger partial charge in [-0.05, 0) is 36.6 Å². The zero-order valence-electron chi connectivity index (χ0n) is 12.3. The Balaban J connectivity index is 2.27. The van der Waals surface area contributed by atoms with Crippen molar-refractivity contribution in [3.63, 3.8) is 0 Å². The van der Waals surface area contributed by atoms with Gasteiger partial charge in [-0.25, -0.2) is 0 Å². The zero-order chi connectivity index (χ0) is 13.4. The molecular formula is C16H28N2. The second-order valence-corrected chi connectivity index (χ2v) is 5.70.